The molecule has 0 heterocycles. The van der Waals surface area contributed by atoms with Crippen LogP contribution in [0.25, 0.3) is 0 Å². The van der Waals surface area contributed by atoms with Crippen LogP contribution in [0.5, 0.6) is 0 Å². The third-order valence-corrected chi connectivity index (χ3v) is 2.60. The Balaban J connectivity index is 2.31. The summed E-state index contributed by atoms with van der Waals surface area (Å²) in [5.41, 5.74) is 10.7. The van der Waals surface area contributed by atoms with Crippen molar-refractivity contribution < 1.29 is 4.79 Å². The number of primary amides is 1. The number of carbonyl (C=O) groups is 1. The summed E-state index contributed by atoms with van der Waals surface area (Å²) in [5.74, 6) is 0.190. The minimum absolute atomic E-state index is 0.378. The zero-order valence-electron chi connectivity index (χ0n) is 7.91. The molecule has 0 radical (unpaired) electrons. The highest BCUT2D eigenvalue weighted by atomic mass is 16.1. The molecular weight excluding hydrogens is 164 g/mol. The lowest BCUT2D eigenvalue weighted by atomic mass is 9.92. The number of allylic oxidation sites excluding steroid dienone is 2. The van der Waals surface area contributed by atoms with E-state index in [1.165, 1.54) is 0 Å². The molecule has 0 bridgehead atoms. The van der Waals surface area contributed by atoms with Gasteiger partial charge in [-0.05, 0) is 38.0 Å². The van der Waals surface area contributed by atoms with E-state index in [1.54, 1.807) is 0 Å². The zero-order valence-corrected chi connectivity index (χ0v) is 7.91. The number of rotatable bonds is 3. The average molecular weight is 182 g/mol. The van der Waals surface area contributed by atoms with Crippen LogP contribution in [-0.2, 0) is 4.79 Å². The molecule has 1 atom stereocenters. The summed E-state index contributed by atoms with van der Waals surface area (Å²) in [7, 11) is 0. The first-order chi connectivity index (χ1) is 6.20. The standard InChI is InChI=1S/C10H18N2O/c11-9(10(12)13)7-8-5-3-1-2-4-6-8/h1-2,8-9H,3-7,11H2,(H2,12,13). The normalized spacial score (nSPS) is 21.0. The lowest BCUT2D eigenvalue weighted by Crippen LogP contribution is -2.37. The summed E-state index contributed by atoms with van der Waals surface area (Å²) < 4.78 is 0. The second-order valence-electron chi connectivity index (χ2n) is 3.74. The van der Waals surface area contributed by atoms with Gasteiger partial charge in [-0.15, -0.1) is 0 Å². The molecule has 0 aliphatic heterocycles. The Morgan fingerprint density at radius 2 is 1.92 bits per heavy atom. The van der Waals surface area contributed by atoms with Crippen LogP contribution in [0.1, 0.15) is 32.1 Å². The fourth-order valence-corrected chi connectivity index (χ4v) is 1.75. The number of amides is 1. The van der Waals surface area contributed by atoms with Gasteiger partial charge in [0.25, 0.3) is 0 Å². The first kappa shape index (κ1) is 10.3. The molecule has 0 aromatic heterocycles. The van der Waals surface area contributed by atoms with E-state index in [9.17, 15) is 4.79 Å². The first-order valence-corrected chi connectivity index (χ1v) is 4.90. The Kier molecular flexibility index (Phi) is 3.96. The molecule has 0 aromatic rings. The van der Waals surface area contributed by atoms with Crippen molar-refractivity contribution in [3.05, 3.63) is 12.2 Å². The van der Waals surface area contributed by atoms with Crippen molar-refractivity contribution in [2.45, 2.75) is 38.1 Å². The highest BCUT2D eigenvalue weighted by molar-refractivity contribution is 5.79. The minimum Gasteiger partial charge on any atom is -0.368 e. The zero-order chi connectivity index (χ0) is 9.68. The molecule has 0 saturated carbocycles. The quantitative estimate of drug-likeness (QED) is 0.638. The van der Waals surface area contributed by atoms with Gasteiger partial charge in [0.2, 0.25) is 5.91 Å². The molecule has 0 saturated heterocycles. The van der Waals surface area contributed by atoms with Gasteiger partial charge in [-0.2, -0.15) is 0 Å². The van der Waals surface area contributed by atoms with Gasteiger partial charge in [-0.3, -0.25) is 4.79 Å². The fourth-order valence-electron chi connectivity index (χ4n) is 1.75. The van der Waals surface area contributed by atoms with Gasteiger partial charge in [0, 0.05) is 0 Å². The monoisotopic (exact) mass is 182 g/mol. The van der Waals surface area contributed by atoms with Gasteiger partial charge in [0.05, 0.1) is 6.04 Å². The topological polar surface area (TPSA) is 69.1 Å². The van der Waals surface area contributed by atoms with Crippen LogP contribution in [0.4, 0.5) is 0 Å². The molecule has 1 unspecified atom stereocenters. The summed E-state index contributed by atoms with van der Waals surface area (Å²) in [5, 5.41) is 0. The highest BCUT2D eigenvalue weighted by Crippen LogP contribution is 2.22. The Hall–Kier alpha value is -0.830. The van der Waals surface area contributed by atoms with Gasteiger partial charge in [0.15, 0.2) is 0 Å². The van der Waals surface area contributed by atoms with Crippen LogP contribution in [0.15, 0.2) is 12.2 Å². The Labute approximate surface area is 79.2 Å². The summed E-state index contributed by atoms with van der Waals surface area (Å²) >= 11 is 0. The molecule has 4 N–H and O–H groups in total. The Morgan fingerprint density at radius 3 is 2.38 bits per heavy atom. The van der Waals surface area contributed by atoms with Gasteiger partial charge in [-0.25, -0.2) is 0 Å². The number of hydrogen-bond donors (Lipinski definition) is 2. The number of nitrogens with two attached hydrogens (primary N) is 2. The molecule has 1 rings (SSSR count). The highest BCUT2D eigenvalue weighted by Gasteiger charge is 2.17. The second-order valence-corrected chi connectivity index (χ2v) is 3.74. The van der Waals surface area contributed by atoms with Crippen molar-refractivity contribution in [1.29, 1.82) is 0 Å². The van der Waals surface area contributed by atoms with Gasteiger partial charge in [-0.1, -0.05) is 12.2 Å². The third-order valence-electron chi connectivity index (χ3n) is 2.60. The summed E-state index contributed by atoms with van der Waals surface area (Å²) in [6.45, 7) is 0. The maximum Gasteiger partial charge on any atom is 0.234 e. The van der Waals surface area contributed by atoms with E-state index in [0.717, 1.165) is 32.1 Å². The van der Waals surface area contributed by atoms with Gasteiger partial charge in [0.1, 0.15) is 0 Å². The van der Waals surface area contributed by atoms with Gasteiger partial charge < -0.3 is 11.5 Å². The predicted molar refractivity (Wildman–Crippen MR) is 52.9 cm³/mol. The van der Waals surface area contributed by atoms with Crippen LogP contribution in [0, 0.1) is 5.92 Å². The molecule has 74 valence electrons. The van der Waals surface area contributed by atoms with E-state index in [2.05, 4.69) is 12.2 Å². The molecule has 0 spiro atoms. The molecule has 3 heteroatoms. The smallest absolute Gasteiger partial charge is 0.234 e. The summed E-state index contributed by atoms with van der Waals surface area (Å²) in [4.78, 5) is 10.7. The van der Waals surface area contributed by atoms with Crippen molar-refractivity contribution in [1.82, 2.24) is 0 Å². The van der Waals surface area contributed by atoms with Crippen LogP contribution in [-0.4, -0.2) is 11.9 Å². The molecule has 0 fully saturated rings. The van der Waals surface area contributed by atoms with Crippen molar-refractivity contribution in [3.63, 3.8) is 0 Å². The molecule has 3 nitrogen and oxygen atoms in total. The molecule has 13 heavy (non-hydrogen) atoms. The number of carbonyl (C=O) groups excluding carboxylic acids is 1. The predicted octanol–water partition coefficient (Wildman–Crippen LogP) is 0.935. The van der Waals surface area contributed by atoms with E-state index < -0.39 is 6.04 Å². The van der Waals surface area contributed by atoms with Crippen LogP contribution in [0.2, 0.25) is 0 Å². The van der Waals surface area contributed by atoms with E-state index >= 15 is 0 Å². The molecule has 0 aromatic carbocycles. The minimum atomic E-state index is -0.455. The molecule has 1 amide bonds. The summed E-state index contributed by atoms with van der Waals surface area (Å²) in [6, 6.07) is -0.455. The van der Waals surface area contributed by atoms with E-state index in [1.807, 2.05) is 0 Å². The SMILES string of the molecule is NC(=O)C(N)CC1CCC=CCC1. The van der Waals surface area contributed by atoms with E-state index in [4.69, 9.17) is 11.5 Å². The van der Waals surface area contributed by atoms with Crippen molar-refractivity contribution >= 4 is 5.91 Å². The third kappa shape index (κ3) is 3.59. The van der Waals surface area contributed by atoms with Gasteiger partial charge >= 0.3 is 0 Å². The average Bonchev–Trinajstić information content (AvgIpc) is 2.32. The fraction of sp³-hybridized carbons (Fsp3) is 0.700. The van der Waals surface area contributed by atoms with E-state index in [-0.39, 0.29) is 5.91 Å². The summed E-state index contributed by atoms with van der Waals surface area (Å²) in [6.07, 6.45) is 9.64. The largest absolute Gasteiger partial charge is 0.368 e. The van der Waals surface area contributed by atoms with Crippen molar-refractivity contribution in [2.24, 2.45) is 17.4 Å². The van der Waals surface area contributed by atoms with Crippen molar-refractivity contribution in [2.75, 3.05) is 0 Å². The molecule has 1 aliphatic rings. The maximum absolute atomic E-state index is 10.7. The Morgan fingerprint density at radius 1 is 1.38 bits per heavy atom. The maximum atomic E-state index is 10.7. The van der Waals surface area contributed by atoms with Crippen LogP contribution in [0.3, 0.4) is 0 Å². The Bertz CT molecular complexity index is 191. The van der Waals surface area contributed by atoms with Crippen LogP contribution >= 0.6 is 0 Å². The number of hydrogen-bond acceptors (Lipinski definition) is 2. The first-order valence-electron chi connectivity index (χ1n) is 4.90. The van der Waals surface area contributed by atoms with E-state index in [0.29, 0.717) is 5.92 Å². The van der Waals surface area contributed by atoms with Crippen molar-refractivity contribution in [3.8, 4) is 0 Å². The second kappa shape index (κ2) is 5.02. The molecule has 1 aliphatic carbocycles. The molecular formula is C10H18N2O. The lowest BCUT2D eigenvalue weighted by molar-refractivity contribution is -0.119. The lowest BCUT2D eigenvalue weighted by Gasteiger charge is -2.16. The van der Waals surface area contributed by atoms with Crippen LogP contribution < -0.4 is 11.5 Å².